The molecule has 25 heavy (non-hydrogen) atoms. The Balaban J connectivity index is 1.55. The van der Waals surface area contributed by atoms with Crippen molar-refractivity contribution in [1.82, 2.24) is 10.6 Å². The van der Waals surface area contributed by atoms with E-state index in [2.05, 4.69) is 60.9 Å². The zero-order valence-corrected chi connectivity index (χ0v) is 15.9. The molecule has 0 bridgehead atoms. The van der Waals surface area contributed by atoms with E-state index >= 15 is 0 Å². The Morgan fingerprint density at radius 1 is 1.04 bits per heavy atom. The van der Waals surface area contributed by atoms with Gasteiger partial charge < -0.3 is 10.6 Å². The number of aryl methyl sites for hydroxylation is 2. The normalized spacial score (nSPS) is 20.8. The van der Waals surface area contributed by atoms with E-state index in [1.807, 2.05) is 0 Å². The highest BCUT2D eigenvalue weighted by Crippen LogP contribution is 2.12. The smallest absolute Gasteiger partial charge is 0.234 e. The molecule has 1 fully saturated rings. The van der Waals surface area contributed by atoms with Crippen LogP contribution in [-0.2, 0) is 17.6 Å². The number of piperazine rings is 1. The number of hydrogen-bond acceptors (Lipinski definition) is 2. The third kappa shape index (κ3) is 7.03. The predicted octanol–water partition coefficient (Wildman–Crippen LogP) is 4.16. The van der Waals surface area contributed by atoms with Crippen molar-refractivity contribution < 1.29 is 4.79 Å². The molecule has 2 atom stereocenters. The number of benzene rings is 1. The van der Waals surface area contributed by atoms with E-state index in [0.29, 0.717) is 12.6 Å². The molecule has 1 saturated heterocycles. The van der Waals surface area contributed by atoms with E-state index in [-0.39, 0.29) is 11.9 Å². The average Bonchev–Trinajstić information content (AvgIpc) is 2.64. The maximum atomic E-state index is 11.5. The van der Waals surface area contributed by atoms with Gasteiger partial charge in [0.05, 0.1) is 12.6 Å². The zero-order chi connectivity index (χ0) is 17.9. The summed E-state index contributed by atoms with van der Waals surface area (Å²) in [5.41, 5.74) is 2.88. The van der Waals surface area contributed by atoms with Gasteiger partial charge in [-0.3, -0.25) is 4.79 Å². The molecule has 3 nitrogen and oxygen atoms in total. The van der Waals surface area contributed by atoms with Gasteiger partial charge in [0.1, 0.15) is 0 Å². The second kappa shape index (κ2) is 11.1. The minimum absolute atomic E-state index is 0.103. The van der Waals surface area contributed by atoms with Crippen LogP contribution in [-0.4, -0.2) is 24.5 Å². The Hall–Kier alpha value is -1.61. The fourth-order valence-corrected chi connectivity index (χ4v) is 3.40. The maximum absolute atomic E-state index is 11.5. The van der Waals surface area contributed by atoms with Crippen molar-refractivity contribution in [3.05, 3.63) is 47.5 Å². The first-order valence-electron chi connectivity index (χ1n) is 10.00. The van der Waals surface area contributed by atoms with E-state index in [4.69, 9.17) is 0 Å². The lowest BCUT2D eigenvalue weighted by atomic mass is 10.0. The van der Waals surface area contributed by atoms with Gasteiger partial charge in [-0.05, 0) is 49.7 Å². The van der Waals surface area contributed by atoms with E-state index in [1.165, 1.54) is 43.2 Å². The lowest BCUT2D eigenvalue weighted by Crippen LogP contribution is -2.57. The molecule has 1 aromatic rings. The molecule has 0 radical (unpaired) electrons. The Morgan fingerprint density at radius 2 is 1.76 bits per heavy atom. The Labute approximate surface area is 153 Å². The van der Waals surface area contributed by atoms with Crippen LogP contribution < -0.4 is 10.6 Å². The van der Waals surface area contributed by atoms with E-state index in [1.54, 1.807) is 0 Å². The first-order valence-corrected chi connectivity index (χ1v) is 10.00. The average molecular weight is 343 g/mol. The summed E-state index contributed by atoms with van der Waals surface area (Å²) < 4.78 is 0. The molecule has 1 heterocycles. The van der Waals surface area contributed by atoms with Gasteiger partial charge >= 0.3 is 0 Å². The first kappa shape index (κ1) is 19.7. The fourth-order valence-electron chi connectivity index (χ4n) is 3.40. The fraction of sp³-hybridized carbons (Fsp3) is 0.591. The summed E-state index contributed by atoms with van der Waals surface area (Å²) in [6.07, 6.45) is 13.9. The molecule has 0 aliphatic carbocycles. The Kier molecular flexibility index (Phi) is 8.75. The molecule has 0 spiro atoms. The van der Waals surface area contributed by atoms with Gasteiger partial charge in [0, 0.05) is 6.04 Å². The summed E-state index contributed by atoms with van der Waals surface area (Å²) in [4.78, 5) is 11.5. The summed E-state index contributed by atoms with van der Waals surface area (Å²) in [5.74, 6) is 0.103. The molecule has 1 amide bonds. The van der Waals surface area contributed by atoms with E-state index in [0.717, 1.165) is 19.3 Å². The minimum Gasteiger partial charge on any atom is -0.347 e. The van der Waals surface area contributed by atoms with Gasteiger partial charge in [-0.2, -0.15) is 0 Å². The highest BCUT2D eigenvalue weighted by atomic mass is 16.2. The molecule has 3 heteroatoms. The highest BCUT2D eigenvalue weighted by Gasteiger charge is 2.24. The lowest BCUT2D eigenvalue weighted by Gasteiger charge is -2.30. The number of amides is 1. The number of rotatable bonds is 10. The Bertz CT molecular complexity index is 535. The molecule has 2 unspecified atom stereocenters. The number of unbranched alkanes of at least 4 members (excludes halogenated alkanes) is 4. The van der Waals surface area contributed by atoms with Gasteiger partial charge in [-0.1, -0.05) is 63.1 Å². The van der Waals surface area contributed by atoms with Crippen molar-refractivity contribution in [1.29, 1.82) is 0 Å². The first-order chi connectivity index (χ1) is 12.2. The third-order valence-corrected chi connectivity index (χ3v) is 5.09. The Morgan fingerprint density at radius 3 is 2.48 bits per heavy atom. The molecular formula is C22H34N2O. The van der Waals surface area contributed by atoms with Gasteiger partial charge in [0.25, 0.3) is 0 Å². The number of carbonyl (C=O) groups is 1. The zero-order valence-electron chi connectivity index (χ0n) is 15.9. The molecule has 0 saturated carbocycles. The van der Waals surface area contributed by atoms with Crippen molar-refractivity contribution in [2.45, 2.75) is 77.3 Å². The third-order valence-electron chi connectivity index (χ3n) is 5.09. The summed E-state index contributed by atoms with van der Waals surface area (Å²) >= 11 is 0. The van der Waals surface area contributed by atoms with E-state index in [9.17, 15) is 4.79 Å². The quantitative estimate of drug-likeness (QED) is 0.495. The van der Waals surface area contributed by atoms with Crippen LogP contribution in [0.5, 0.6) is 0 Å². The van der Waals surface area contributed by atoms with Crippen LogP contribution in [0.1, 0.15) is 63.5 Å². The number of hydrogen-bond donors (Lipinski definition) is 2. The molecule has 138 valence electrons. The lowest BCUT2D eigenvalue weighted by molar-refractivity contribution is -0.122. The molecule has 1 aliphatic rings. The van der Waals surface area contributed by atoms with Crippen LogP contribution in [0.2, 0.25) is 0 Å². The SMILES string of the molecule is CCc1ccc(CCCCCC/C=C/C2NC(=O)CNC2CC)cc1. The summed E-state index contributed by atoms with van der Waals surface area (Å²) in [5, 5.41) is 6.36. The summed E-state index contributed by atoms with van der Waals surface area (Å²) in [6.45, 7) is 4.81. The van der Waals surface area contributed by atoms with Crippen molar-refractivity contribution in [3.63, 3.8) is 0 Å². The molecule has 2 N–H and O–H groups in total. The molecule has 0 aromatic heterocycles. The largest absolute Gasteiger partial charge is 0.347 e. The second-order valence-electron chi connectivity index (χ2n) is 7.04. The monoisotopic (exact) mass is 342 g/mol. The summed E-state index contributed by atoms with van der Waals surface area (Å²) in [6, 6.07) is 9.58. The van der Waals surface area contributed by atoms with Crippen molar-refractivity contribution in [2.75, 3.05) is 6.54 Å². The van der Waals surface area contributed by atoms with Gasteiger partial charge in [0.15, 0.2) is 0 Å². The number of carbonyl (C=O) groups excluding carboxylic acids is 1. The van der Waals surface area contributed by atoms with Gasteiger partial charge in [0.2, 0.25) is 5.91 Å². The van der Waals surface area contributed by atoms with Crippen molar-refractivity contribution in [3.8, 4) is 0 Å². The minimum atomic E-state index is 0.103. The van der Waals surface area contributed by atoms with Crippen LogP contribution in [0.3, 0.4) is 0 Å². The van der Waals surface area contributed by atoms with Crippen molar-refractivity contribution >= 4 is 5.91 Å². The molecule has 1 aromatic carbocycles. The van der Waals surface area contributed by atoms with Crippen LogP contribution in [0, 0.1) is 0 Å². The molecule has 1 aliphatic heterocycles. The highest BCUT2D eigenvalue weighted by molar-refractivity contribution is 5.79. The summed E-state index contributed by atoms with van der Waals surface area (Å²) in [7, 11) is 0. The van der Waals surface area contributed by atoms with Gasteiger partial charge in [-0.25, -0.2) is 0 Å². The van der Waals surface area contributed by atoms with Crippen LogP contribution in [0.4, 0.5) is 0 Å². The van der Waals surface area contributed by atoms with Crippen LogP contribution in [0.25, 0.3) is 0 Å². The predicted molar refractivity (Wildman–Crippen MR) is 106 cm³/mol. The van der Waals surface area contributed by atoms with Crippen molar-refractivity contribution in [2.24, 2.45) is 0 Å². The maximum Gasteiger partial charge on any atom is 0.234 e. The number of nitrogens with one attached hydrogen (secondary N) is 2. The number of allylic oxidation sites excluding steroid dienone is 1. The van der Waals surface area contributed by atoms with Crippen LogP contribution >= 0.6 is 0 Å². The topological polar surface area (TPSA) is 41.1 Å². The molecule has 2 rings (SSSR count). The van der Waals surface area contributed by atoms with Crippen LogP contribution in [0.15, 0.2) is 36.4 Å². The van der Waals surface area contributed by atoms with E-state index < -0.39 is 0 Å². The molecular weight excluding hydrogens is 308 g/mol. The second-order valence-corrected chi connectivity index (χ2v) is 7.04. The van der Waals surface area contributed by atoms with Gasteiger partial charge in [-0.15, -0.1) is 0 Å². The standard InChI is InChI=1S/C22H34N2O/c1-3-18-13-15-19(16-14-18)11-9-7-5-6-8-10-12-21-20(4-2)23-17-22(25)24-21/h10,12-16,20-21,23H,3-9,11,17H2,1-2H3,(H,24,25)/b12-10+.